The van der Waals surface area contributed by atoms with Gasteiger partial charge in [0, 0.05) is 12.4 Å². The molecule has 0 bridgehead atoms. The molecule has 0 aliphatic heterocycles. The molecule has 0 saturated heterocycles. The van der Waals surface area contributed by atoms with E-state index in [9.17, 15) is 4.79 Å². The first-order valence-corrected chi connectivity index (χ1v) is 6.08. The van der Waals surface area contributed by atoms with Gasteiger partial charge >= 0.3 is 0 Å². The summed E-state index contributed by atoms with van der Waals surface area (Å²) in [6.45, 7) is 2.27. The Balaban J connectivity index is 1.98. The number of aryl methyl sites for hydroxylation is 2. The minimum atomic E-state index is -0.363. The van der Waals surface area contributed by atoms with E-state index in [-0.39, 0.29) is 17.0 Å². The fourth-order valence-corrected chi connectivity index (χ4v) is 1.93. The zero-order chi connectivity index (χ0) is 12.4. The molecule has 17 heavy (non-hydrogen) atoms. The Morgan fingerprint density at radius 3 is 2.88 bits per heavy atom. The third-order valence-electron chi connectivity index (χ3n) is 2.01. The normalized spacial score (nSPS) is 10.5. The van der Waals surface area contributed by atoms with Crippen LogP contribution in [0.3, 0.4) is 0 Å². The molecule has 90 valence electrons. The summed E-state index contributed by atoms with van der Waals surface area (Å²) in [6.07, 6.45) is 0. The lowest BCUT2D eigenvalue weighted by Crippen LogP contribution is -2.24. The van der Waals surface area contributed by atoms with Crippen LogP contribution in [0.25, 0.3) is 0 Å². The second-order valence-electron chi connectivity index (χ2n) is 3.37. The molecule has 2 aromatic heterocycles. The van der Waals surface area contributed by atoms with Crippen molar-refractivity contribution in [1.29, 1.82) is 0 Å². The number of hydrogen-bond acceptors (Lipinski definition) is 5. The zero-order valence-electron chi connectivity index (χ0n) is 9.27. The van der Waals surface area contributed by atoms with Gasteiger partial charge in [-0.2, -0.15) is 4.98 Å². The number of aromatic nitrogens is 4. The average molecular weight is 272 g/mol. The number of thiazole rings is 1. The van der Waals surface area contributed by atoms with Gasteiger partial charge in [-0.3, -0.25) is 4.79 Å². The van der Waals surface area contributed by atoms with Crippen LogP contribution >= 0.6 is 22.9 Å². The lowest BCUT2D eigenvalue weighted by Gasteiger charge is -1.98. The Morgan fingerprint density at radius 2 is 2.35 bits per heavy atom. The summed E-state index contributed by atoms with van der Waals surface area (Å²) in [4.78, 5) is 19.7. The van der Waals surface area contributed by atoms with E-state index in [1.807, 2.05) is 12.3 Å². The molecule has 0 unspecified atom stereocenters. The van der Waals surface area contributed by atoms with Gasteiger partial charge in [0.1, 0.15) is 0 Å². The first-order valence-electron chi connectivity index (χ1n) is 4.82. The van der Waals surface area contributed by atoms with Gasteiger partial charge in [-0.1, -0.05) is 0 Å². The summed E-state index contributed by atoms with van der Waals surface area (Å²) in [5, 5.41) is 9.59. The largest absolute Gasteiger partial charge is 0.344 e. The summed E-state index contributed by atoms with van der Waals surface area (Å²) in [5.41, 5.74) is 0.822. The number of carbonyl (C=O) groups is 1. The molecule has 0 aliphatic carbocycles. The van der Waals surface area contributed by atoms with E-state index in [1.54, 1.807) is 7.05 Å². The third-order valence-corrected chi connectivity index (χ3v) is 3.16. The highest BCUT2D eigenvalue weighted by Gasteiger charge is 2.13. The number of rotatable bonds is 3. The van der Waals surface area contributed by atoms with Gasteiger partial charge in [0.2, 0.25) is 11.1 Å². The van der Waals surface area contributed by atoms with Gasteiger partial charge in [0.05, 0.1) is 17.2 Å². The lowest BCUT2D eigenvalue weighted by atomic mass is 10.4. The monoisotopic (exact) mass is 271 g/mol. The van der Waals surface area contributed by atoms with Crippen LogP contribution in [0.5, 0.6) is 0 Å². The standard InChI is InChI=1S/C9H10ClN5OS/c1-5-12-6(4-17-5)3-11-8(16)7-13-9(10)15(2)14-7/h4H,3H2,1-2H3,(H,11,16). The molecule has 0 aliphatic rings. The highest BCUT2D eigenvalue weighted by Crippen LogP contribution is 2.08. The van der Waals surface area contributed by atoms with Crippen LogP contribution < -0.4 is 5.32 Å². The molecule has 2 aromatic rings. The molecule has 2 rings (SSSR count). The quantitative estimate of drug-likeness (QED) is 0.909. The van der Waals surface area contributed by atoms with E-state index in [4.69, 9.17) is 11.6 Å². The molecule has 0 aromatic carbocycles. The van der Waals surface area contributed by atoms with Crippen LogP contribution in [-0.4, -0.2) is 25.7 Å². The predicted molar refractivity (Wildman–Crippen MR) is 64.0 cm³/mol. The van der Waals surface area contributed by atoms with Crippen LogP contribution in [0.2, 0.25) is 5.28 Å². The maximum Gasteiger partial charge on any atom is 0.291 e. The summed E-state index contributed by atoms with van der Waals surface area (Å²) in [6, 6.07) is 0. The number of nitrogens with one attached hydrogen (secondary N) is 1. The fourth-order valence-electron chi connectivity index (χ4n) is 1.20. The smallest absolute Gasteiger partial charge is 0.291 e. The summed E-state index contributed by atoms with van der Waals surface area (Å²) < 4.78 is 1.34. The van der Waals surface area contributed by atoms with E-state index in [0.717, 1.165) is 10.7 Å². The number of nitrogens with zero attached hydrogens (tertiary/aromatic N) is 4. The first kappa shape index (κ1) is 12.0. The molecule has 0 spiro atoms. The lowest BCUT2D eigenvalue weighted by molar-refractivity contribution is 0.0940. The van der Waals surface area contributed by atoms with Crippen molar-refractivity contribution < 1.29 is 4.79 Å². The van der Waals surface area contributed by atoms with Gasteiger partial charge < -0.3 is 5.32 Å². The van der Waals surface area contributed by atoms with Gasteiger partial charge in [-0.25, -0.2) is 9.67 Å². The summed E-state index contributed by atoms with van der Waals surface area (Å²) >= 11 is 7.23. The van der Waals surface area contributed by atoms with Crippen LogP contribution in [0, 0.1) is 6.92 Å². The van der Waals surface area contributed by atoms with Gasteiger partial charge in [-0.15, -0.1) is 16.4 Å². The van der Waals surface area contributed by atoms with Crippen molar-refractivity contribution in [3.05, 3.63) is 27.2 Å². The predicted octanol–water partition coefficient (Wildman–Crippen LogP) is 1.16. The van der Waals surface area contributed by atoms with E-state index in [2.05, 4.69) is 20.4 Å². The molecule has 2 heterocycles. The molecule has 1 amide bonds. The topological polar surface area (TPSA) is 72.7 Å². The minimum Gasteiger partial charge on any atom is -0.344 e. The van der Waals surface area contributed by atoms with E-state index < -0.39 is 0 Å². The van der Waals surface area contributed by atoms with Crippen molar-refractivity contribution in [3.8, 4) is 0 Å². The maximum atomic E-state index is 11.7. The Labute approximate surface area is 107 Å². The zero-order valence-corrected chi connectivity index (χ0v) is 10.8. The minimum absolute atomic E-state index is 0.0597. The molecule has 1 N–H and O–H groups in total. The Bertz CT molecular complexity index is 530. The molecule has 0 radical (unpaired) electrons. The molecule has 8 heteroatoms. The molecular weight excluding hydrogens is 262 g/mol. The number of carbonyl (C=O) groups excluding carboxylic acids is 1. The molecular formula is C9H10ClN5OS. The van der Waals surface area contributed by atoms with Crippen LogP contribution in [0.1, 0.15) is 21.3 Å². The highest BCUT2D eigenvalue weighted by molar-refractivity contribution is 7.09. The molecule has 0 atom stereocenters. The van der Waals surface area contributed by atoms with Crippen molar-refractivity contribution in [1.82, 2.24) is 25.1 Å². The van der Waals surface area contributed by atoms with Gasteiger partial charge in [-0.05, 0) is 18.5 Å². The third kappa shape index (κ3) is 2.80. The maximum absolute atomic E-state index is 11.7. The Kier molecular flexibility index (Phi) is 3.39. The molecule has 0 saturated carbocycles. The number of halogens is 1. The SMILES string of the molecule is Cc1nc(CNC(=O)c2nc(Cl)n(C)n2)cs1. The van der Waals surface area contributed by atoms with Crippen molar-refractivity contribution in [2.75, 3.05) is 0 Å². The first-order chi connectivity index (χ1) is 8.06. The number of amides is 1. The van der Waals surface area contributed by atoms with Gasteiger partial charge in [0.25, 0.3) is 5.91 Å². The van der Waals surface area contributed by atoms with Gasteiger partial charge in [0.15, 0.2) is 0 Å². The fraction of sp³-hybridized carbons (Fsp3) is 0.333. The number of hydrogen-bond donors (Lipinski definition) is 1. The second-order valence-corrected chi connectivity index (χ2v) is 4.77. The van der Waals surface area contributed by atoms with Crippen molar-refractivity contribution in [2.24, 2.45) is 7.05 Å². The average Bonchev–Trinajstić information content (AvgIpc) is 2.83. The second kappa shape index (κ2) is 4.80. The summed E-state index contributed by atoms with van der Waals surface area (Å²) in [7, 11) is 1.62. The van der Waals surface area contributed by atoms with Crippen molar-refractivity contribution in [2.45, 2.75) is 13.5 Å². The van der Waals surface area contributed by atoms with Crippen LogP contribution in [0.4, 0.5) is 0 Å². The Hall–Kier alpha value is -1.47. The van der Waals surface area contributed by atoms with E-state index >= 15 is 0 Å². The van der Waals surface area contributed by atoms with Crippen molar-refractivity contribution >= 4 is 28.8 Å². The molecule has 6 nitrogen and oxygen atoms in total. The summed E-state index contributed by atoms with van der Waals surface area (Å²) in [5.74, 6) is -0.303. The van der Waals surface area contributed by atoms with Crippen LogP contribution in [0.15, 0.2) is 5.38 Å². The van der Waals surface area contributed by atoms with E-state index in [1.165, 1.54) is 16.0 Å². The van der Waals surface area contributed by atoms with Crippen molar-refractivity contribution in [3.63, 3.8) is 0 Å². The van der Waals surface area contributed by atoms with E-state index in [0.29, 0.717) is 6.54 Å². The van der Waals surface area contributed by atoms with Crippen LogP contribution in [-0.2, 0) is 13.6 Å². The Morgan fingerprint density at radius 1 is 1.59 bits per heavy atom. The molecule has 0 fully saturated rings. The highest BCUT2D eigenvalue weighted by atomic mass is 35.5.